The fraction of sp³-hybridized carbons (Fsp3) is 1.00. The van der Waals surface area contributed by atoms with E-state index in [0.29, 0.717) is 0 Å². The van der Waals surface area contributed by atoms with Crippen molar-refractivity contribution in [3.05, 3.63) is 0 Å². The third-order valence-electron chi connectivity index (χ3n) is 8.44. The number of unbranched alkanes of at least 4 members (excludes halogenated alkanes) is 18. The van der Waals surface area contributed by atoms with E-state index >= 15 is 0 Å². The maximum atomic E-state index is 2.78. The predicted molar refractivity (Wildman–Crippen MR) is 192 cm³/mol. The summed E-state index contributed by atoms with van der Waals surface area (Å²) < 4.78 is 0. The number of rotatable bonds is 35. The van der Waals surface area contributed by atoms with Crippen molar-refractivity contribution < 1.29 is 0 Å². The van der Waals surface area contributed by atoms with Gasteiger partial charge in [0.1, 0.15) is 0 Å². The number of likely N-dealkylation sites (N-methyl/N-ethyl adjacent to an activating group) is 1. The molecule has 0 rings (SSSR count). The van der Waals surface area contributed by atoms with Gasteiger partial charge in [-0.3, -0.25) is 0 Å². The van der Waals surface area contributed by atoms with Crippen LogP contribution in [-0.2, 0) is 0 Å². The summed E-state index contributed by atoms with van der Waals surface area (Å²) in [5.74, 6) is 5.47. The second-order valence-electron chi connectivity index (χ2n) is 12.2. The van der Waals surface area contributed by atoms with Gasteiger partial charge in [-0.15, -0.1) is 0 Å². The number of hydrogen-bond donors (Lipinski definition) is 0. The first-order valence-corrected chi connectivity index (χ1v) is 20.7. The van der Waals surface area contributed by atoms with Crippen molar-refractivity contribution in [1.82, 2.24) is 9.80 Å². The fourth-order valence-corrected chi connectivity index (χ4v) is 7.42. The fourth-order valence-electron chi connectivity index (χ4n) is 5.53. The molecule has 0 fully saturated rings. The van der Waals surface area contributed by atoms with E-state index in [0.717, 1.165) is 0 Å². The van der Waals surface area contributed by atoms with E-state index in [-0.39, 0.29) is 0 Å². The topological polar surface area (TPSA) is 6.48 Å². The van der Waals surface area contributed by atoms with Crippen LogP contribution in [0.5, 0.6) is 0 Å². The highest BCUT2D eigenvalue weighted by molar-refractivity contribution is 7.99. The molecule has 0 saturated carbocycles. The highest BCUT2D eigenvalue weighted by Gasteiger charge is 2.07. The summed E-state index contributed by atoms with van der Waals surface area (Å²) in [6.45, 7) is 16.7. The zero-order chi connectivity index (χ0) is 29.2. The van der Waals surface area contributed by atoms with E-state index in [1.807, 2.05) is 0 Å². The summed E-state index contributed by atoms with van der Waals surface area (Å²) in [5.41, 5.74) is 0. The minimum Gasteiger partial charge on any atom is -0.303 e. The Bertz CT molecular complexity index is 413. The zero-order valence-corrected chi connectivity index (χ0v) is 30.0. The molecule has 0 spiro atoms. The van der Waals surface area contributed by atoms with Crippen LogP contribution in [0.4, 0.5) is 0 Å². The second kappa shape index (κ2) is 35.8. The molecule has 0 aliphatic carbocycles. The number of nitrogens with zero attached hydrogens (tertiary/aromatic N) is 2. The first-order valence-electron chi connectivity index (χ1n) is 18.4. The molecule has 0 N–H and O–H groups in total. The molecule has 0 radical (unpaired) electrons. The Morgan fingerprint density at radius 1 is 0.300 bits per heavy atom. The minimum atomic E-state index is 1.19. The van der Waals surface area contributed by atoms with E-state index in [1.54, 1.807) is 0 Å². The molecule has 0 aromatic heterocycles. The Morgan fingerprint density at radius 2 is 0.600 bits per heavy atom. The standard InChI is InChI=1S/C36H76N2S2/c1-5-9-11-13-15-17-19-21-23-25-33-39-35-27-29-38(32-31-37(7-3)8-4)30-28-36-40-34-26-24-22-20-18-16-14-12-10-6-2/h5-36H2,1-4H3. The van der Waals surface area contributed by atoms with Crippen LogP contribution in [0.1, 0.15) is 169 Å². The molecular weight excluding hydrogens is 525 g/mol. The van der Waals surface area contributed by atoms with Gasteiger partial charge in [-0.2, -0.15) is 23.5 Å². The largest absolute Gasteiger partial charge is 0.303 e. The van der Waals surface area contributed by atoms with Crippen LogP contribution in [0, 0.1) is 0 Å². The first kappa shape index (κ1) is 40.6. The normalized spacial score (nSPS) is 11.8. The van der Waals surface area contributed by atoms with Gasteiger partial charge in [-0.05, 0) is 74.9 Å². The third kappa shape index (κ3) is 31.6. The van der Waals surface area contributed by atoms with Gasteiger partial charge in [-0.25, -0.2) is 0 Å². The van der Waals surface area contributed by atoms with Crippen LogP contribution >= 0.6 is 23.5 Å². The van der Waals surface area contributed by atoms with Gasteiger partial charge in [0.2, 0.25) is 0 Å². The zero-order valence-electron chi connectivity index (χ0n) is 28.3. The lowest BCUT2D eigenvalue weighted by Gasteiger charge is -2.26. The van der Waals surface area contributed by atoms with Crippen molar-refractivity contribution >= 4 is 23.5 Å². The summed E-state index contributed by atoms with van der Waals surface area (Å²) in [6, 6.07) is 0. The van der Waals surface area contributed by atoms with Gasteiger partial charge >= 0.3 is 0 Å². The molecule has 0 unspecified atom stereocenters. The van der Waals surface area contributed by atoms with Gasteiger partial charge in [-0.1, -0.05) is 143 Å². The van der Waals surface area contributed by atoms with Crippen molar-refractivity contribution in [2.45, 2.75) is 169 Å². The molecular formula is C36H76N2S2. The maximum absolute atomic E-state index is 2.78. The van der Waals surface area contributed by atoms with E-state index in [2.05, 4.69) is 61.0 Å². The molecule has 40 heavy (non-hydrogen) atoms. The predicted octanol–water partition coefficient (Wildman–Crippen LogP) is 11.7. The smallest absolute Gasteiger partial charge is 0.0109 e. The molecule has 2 nitrogen and oxygen atoms in total. The second-order valence-corrected chi connectivity index (χ2v) is 14.6. The molecule has 0 aromatic carbocycles. The average molecular weight is 601 g/mol. The molecule has 0 atom stereocenters. The van der Waals surface area contributed by atoms with Gasteiger partial charge < -0.3 is 9.80 Å². The molecule has 0 aliphatic heterocycles. The van der Waals surface area contributed by atoms with E-state index in [9.17, 15) is 0 Å². The lowest BCUT2D eigenvalue weighted by molar-refractivity contribution is 0.215. The molecule has 0 heterocycles. The van der Waals surface area contributed by atoms with Crippen LogP contribution in [0.3, 0.4) is 0 Å². The van der Waals surface area contributed by atoms with E-state index in [1.165, 1.54) is 204 Å². The number of thioether (sulfide) groups is 2. The molecule has 4 heteroatoms. The van der Waals surface area contributed by atoms with Crippen molar-refractivity contribution in [3.8, 4) is 0 Å². The molecule has 0 aliphatic rings. The summed E-state index contributed by atoms with van der Waals surface area (Å²) in [7, 11) is 0. The van der Waals surface area contributed by atoms with Gasteiger partial charge in [0.15, 0.2) is 0 Å². The Labute approximate surface area is 263 Å². The average Bonchev–Trinajstić information content (AvgIpc) is 2.97. The summed E-state index contributed by atoms with van der Waals surface area (Å²) >= 11 is 4.43. The quantitative estimate of drug-likeness (QED) is 0.0667. The van der Waals surface area contributed by atoms with Crippen LogP contribution in [0.15, 0.2) is 0 Å². The molecule has 0 bridgehead atoms. The molecule has 0 aromatic rings. The van der Waals surface area contributed by atoms with Gasteiger partial charge in [0.25, 0.3) is 0 Å². The Morgan fingerprint density at radius 3 is 0.950 bits per heavy atom. The Balaban J connectivity index is 3.75. The van der Waals surface area contributed by atoms with Gasteiger partial charge in [0.05, 0.1) is 0 Å². The van der Waals surface area contributed by atoms with Gasteiger partial charge in [0, 0.05) is 13.1 Å². The number of hydrogen-bond acceptors (Lipinski definition) is 4. The van der Waals surface area contributed by atoms with Crippen LogP contribution < -0.4 is 0 Å². The van der Waals surface area contributed by atoms with Crippen molar-refractivity contribution in [3.63, 3.8) is 0 Å². The molecule has 242 valence electrons. The monoisotopic (exact) mass is 601 g/mol. The summed E-state index contributed by atoms with van der Waals surface area (Å²) in [6.07, 6.45) is 31.7. The maximum Gasteiger partial charge on any atom is 0.0109 e. The molecule has 0 amide bonds. The van der Waals surface area contributed by atoms with Crippen molar-refractivity contribution in [2.75, 3.05) is 62.3 Å². The minimum absolute atomic E-state index is 1.19. The Hall–Kier alpha value is 0.620. The Kier molecular flexibility index (Phi) is 36.4. The summed E-state index contributed by atoms with van der Waals surface area (Å²) in [4.78, 5) is 5.37. The molecule has 0 saturated heterocycles. The highest BCUT2D eigenvalue weighted by atomic mass is 32.2. The first-order chi connectivity index (χ1) is 19.8. The lowest BCUT2D eigenvalue weighted by atomic mass is 10.1. The van der Waals surface area contributed by atoms with Crippen molar-refractivity contribution in [2.24, 2.45) is 0 Å². The highest BCUT2D eigenvalue weighted by Crippen LogP contribution is 2.15. The lowest BCUT2D eigenvalue weighted by Crippen LogP contribution is -2.36. The SMILES string of the molecule is CCCCCCCCCCCCSCCCN(CCCSCCCCCCCCCCCC)CCN(CC)CC. The van der Waals surface area contributed by atoms with Crippen LogP contribution in [-0.4, -0.2) is 72.1 Å². The van der Waals surface area contributed by atoms with Crippen LogP contribution in [0.25, 0.3) is 0 Å². The van der Waals surface area contributed by atoms with E-state index in [4.69, 9.17) is 0 Å². The van der Waals surface area contributed by atoms with E-state index < -0.39 is 0 Å². The summed E-state index contributed by atoms with van der Waals surface area (Å²) in [5, 5.41) is 0. The van der Waals surface area contributed by atoms with Crippen LogP contribution in [0.2, 0.25) is 0 Å². The third-order valence-corrected chi connectivity index (χ3v) is 10.7. The van der Waals surface area contributed by atoms with Crippen molar-refractivity contribution in [1.29, 1.82) is 0 Å².